The predicted octanol–water partition coefficient (Wildman–Crippen LogP) is 3.11. The number of rotatable bonds is 3. The van der Waals surface area contributed by atoms with E-state index in [-0.39, 0.29) is 5.92 Å². The molecular weight excluding hydrogens is 186 g/mol. The van der Waals surface area contributed by atoms with E-state index in [1.54, 1.807) is 24.3 Å². The van der Waals surface area contributed by atoms with E-state index in [9.17, 15) is 13.9 Å². The molecule has 14 heavy (non-hydrogen) atoms. The van der Waals surface area contributed by atoms with Crippen molar-refractivity contribution in [2.24, 2.45) is 0 Å². The van der Waals surface area contributed by atoms with Crippen molar-refractivity contribution in [1.82, 2.24) is 0 Å². The molecular formula is C11H14F2O. The number of aliphatic hydroxyl groups excluding tert-OH is 1. The van der Waals surface area contributed by atoms with Crippen molar-refractivity contribution in [2.75, 3.05) is 0 Å². The van der Waals surface area contributed by atoms with Gasteiger partial charge in [-0.05, 0) is 17.0 Å². The van der Waals surface area contributed by atoms with Crippen LogP contribution in [-0.2, 0) is 0 Å². The molecule has 1 N–H and O–H groups in total. The Bertz CT molecular complexity index is 297. The van der Waals surface area contributed by atoms with Gasteiger partial charge < -0.3 is 5.11 Å². The van der Waals surface area contributed by atoms with Crippen molar-refractivity contribution in [3.05, 3.63) is 35.4 Å². The zero-order chi connectivity index (χ0) is 10.7. The lowest BCUT2D eigenvalue weighted by Gasteiger charge is -2.16. The van der Waals surface area contributed by atoms with Gasteiger partial charge in [-0.25, -0.2) is 8.78 Å². The first kappa shape index (κ1) is 11.1. The Morgan fingerprint density at radius 3 is 2.00 bits per heavy atom. The fourth-order valence-corrected chi connectivity index (χ4v) is 1.44. The van der Waals surface area contributed by atoms with Crippen molar-refractivity contribution in [3.8, 4) is 0 Å². The van der Waals surface area contributed by atoms with Gasteiger partial charge in [0.05, 0.1) is 0 Å². The second kappa shape index (κ2) is 4.51. The average Bonchev–Trinajstić information content (AvgIpc) is 2.16. The van der Waals surface area contributed by atoms with Crippen LogP contribution in [-0.4, -0.2) is 11.5 Å². The minimum absolute atomic E-state index is 0.139. The third kappa shape index (κ3) is 2.29. The Kier molecular flexibility index (Phi) is 3.58. The molecule has 78 valence electrons. The lowest BCUT2D eigenvalue weighted by atomic mass is 9.94. The van der Waals surface area contributed by atoms with Crippen LogP contribution in [0.1, 0.15) is 37.0 Å². The summed E-state index contributed by atoms with van der Waals surface area (Å²) in [5.41, 5.74) is 1.11. The molecule has 1 nitrogen and oxygen atoms in total. The molecule has 0 radical (unpaired) electrons. The number of benzene rings is 1. The highest BCUT2D eigenvalue weighted by atomic mass is 19.3. The summed E-state index contributed by atoms with van der Waals surface area (Å²) in [6, 6.07) is 6.77. The minimum Gasteiger partial charge on any atom is -0.382 e. The topological polar surface area (TPSA) is 20.2 Å². The first-order valence-corrected chi connectivity index (χ1v) is 4.59. The lowest BCUT2D eigenvalue weighted by Crippen LogP contribution is -2.11. The normalized spacial score (nSPS) is 13.6. The van der Waals surface area contributed by atoms with E-state index in [0.29, 0.717) is 5.56 Å². The molecule has 1 aromatic rings. The van der Waals surface area contributed by atoms with Gasteiger partial charge in [-0.15, -0.1) is 0 Å². The molecule has 0 saturated carbocycles. The van der Waals surface area contributed by atoms with E-state index >= 15 is 0 Å². The van der Waals surface area contributed by atoms with Crippen LogP contribution in [0.15, 0.2) is 24.3 Å². The Balaban J connectivity index is 3.06. The summed E-state index contributed by atoms with van der Waals surface area (Å²) in [6.45, 7) is 3.83. The Hall–Kier alpha value is -0.960. The SMILES string of the molecule is CC(C)c1ccccc1C(O)C(F)F. The second-order valence-corrected chi connectivity index (χ2v) is 3.56. The monoisotopic (exact) mass is 200 g/mol. The quantitative estimate of drug-likeness (QED) is 0.794. The van der Waals surface area contributed by atoms with Crippen LogP contribution in [0.25, 0.3) is 0 Å². The molecule has 0 heterocycles. The first-order chi connectivity index (χ1) is 6.54. The third-order valence-electron chi connectivity index (χ3n) is 2.18. The summed E-state index contributed by atoms with van der Waals surface area (Å²) in [6.07, 6.45) is -4.40. The highest BCUT2D eigenvalue weighted by Crippen LogP contribution is 2.28. The smallest absolute Gasteiger partial charge is 0.268 e. The number of alkyl halides is 2. The molecule has 0 aliphatic heterocycles. The van der Waals surface area contributed by atoms with E-state index < -0.39 is 12.5 Å². The Morgan fingerprint density at radius 2 is 1.57 bits per heavy atom. The van der Waals surface area contributed by atoms with Crippen LogP contribution >= 0.6 is 0 Å². The lowest BCUT2D eigenvalue weighted by molar-refractivity contribution is -0.00637. The molecule has 0 fully saturated rings. The van der Waals surface area contributed by atoms with E-state index in [2.05, 4.69) is 0 Å². The maximum Gasteiger partial charge on any atom is 0.268 e. The van der Waals surface area contributed by atoms with Crippen LogP contribution in [0.4, 0.5) is 8.78 Å². The number of hydrogen-bond donors (Lipinski definition) is 1. The predicted molar refractivity (Wildman–Crippen MR) is 51.5 cm³/mol. The van der Waals surface area contributed by atoms with E-state index in [1.807, 2.05) is 13.8 Å². The van der Waals surface area contributed by atoms with Gasteiger partial charge in [0.15, 0.2) is 0 Å². The van der Waals surface area contributed by atoms with Gasteiger partial charge >= 0.3 is 0 Å². The van der Waals surface area contributed by atoms with Crippen LogP contribution in [0.5, 0.6) is 0 Å². The van der Waals surface area contributed by atoms with Crippen molar-refractivity contribution in [3.63, 3.8) is 0 Å². The van der Waals surface area contributed by atoms with E-state index in [0.717, 1.165) is 5.56 Å². The number of halogens is 2. The van der Waals surface area contributed by atoms with Crippen LogP contribution < -0.4 is 0 Å². The van der Waals surface area contributed by atoms with E-state index in [1.165, 1.54) is 0 Å². The standard InChI is InChI=1S/C11H14F2O/c1-7(2)8-5-3-4-6-9(8)10(14)11(12)13/h3-7,10-11,14H,1-2H3. The first-order valence-electron chi connectivity index (χ1n) is 4.59. The Labute approximate surface area is 82.4 Å². The zero-order valence-corrected chi connectivity index (χ0v) is 8.24. The molecule has 1 rings (SSSR count). The van der Waals surface area contributed by atoms with Gasteiger partial charge in [-0.1, -0.05) is 38.1 Å². The van der Waals surface area contributed by atoms with Crippen molar-refractivity contribution >= 4 is 0 Å². The van der Waals surface area contributed by atoms with Gasteiger partial charge in [0, 0.05) is 0 Å². The average molecular weight is 200 g/mol. The minimum atomic E-state index is -2.73. The molecule has 1 aromatic carbocycles. The maximum atomic E-state index is 12.3. The van der Waals surface area contributed by atoms with Gasteiger partial charge in [-0.2, -0.15) is 0 Å². The summed E-state index contributed by atoms with van der Waals surface area (Å²) in [5.74, 6) is 0.139. The molecule has 3 heteroatoms. The fraction of sp³-hybridized carbons (Fsp3) is 0.455. The van der Waals surface area contributed by atoms with Crippen LogP contribution in [0.2, 0.25) is 0 Å². The number of aliphatic hydroxyl groups is 1. The zero-order valence-electron chi connectivity index (χ0n) is 8.24. The molecule has 0 bridgehead atoms. The molecule has 0 aliphatic rings. The van der Waals surface area contributed by atoms with Crippen molar-refractivity contribution < 1.29 is 13.9 Å². The highest BCUT2D eigenvalue weighted by molar-refractivity contribution is 5.31. The molecule has 0 aliphatic carbocycles. The summed E-state index contributed by atoms with van der Waals surface area (Å²) in [7, 11) is 0. The molecule has 0 aromatic heterocycles. The third-order valence-corrected chi connectivity index (χ3v) is 2.18. The Morgan fingerprint density at radius 1 is 1.07 bits per heavy atom. The van der Waals surface area contributed by atoms with Crippen LogP contribution in [0.3, 0.4) is 0 Å². The fourth-order valence-electron chi connectivity index (χ4n) is 1.44. The van der Waals surface area contributed by atoms with E-state index in [4.69, 9.17) is 0 Å². The van der Waals surface area contributed by atoms with Gasteiger partial charge in [0.1, 0.15) is 6.10 Å². The molecule has 0 saturated heterocycles. The summed E-state index contributed by atoms with van der Waals surface area (Å²) < 4.78 is 24.6. The highest BCUT2D eigenvalue weighted by Gasteiger charge is 2.22. The van der Waals surface area contributed by atoms with Gasteiger partial charge in [-0.3, -0.25) is 0 Å². The molecule has 1 atom stereocenters. The molecule has 0 amide bonds. The van der Waals surface area contributed by atoms with Crippen LogP contribution in [0, 0.1) is 0 Å². The molecule has 0 spiro atoms. The number of hydrogen-bond acceptors (Lipinski definition) is 1. The summed E-state index contributed by atoms with van der Waals surface area (Å²) >= 11 is 0. The van der Waals surface area contributed by atoms with Crippen molar-refractivity contribution in [2.45, 2.75) is 32.3 Å². The maximum absolute atomic E-state index is 12.3. The van der Waals surface area contributed by atoms with Crippen molar-refractivity contribution in [1.29, 1.82) is 0 Å². The van der Waals surface area contributed by atoms with Gasteiger partial charge in [0.25, 0.3) is 6.43 Å². The van der Waals surface area contributed by atoms with Gasteiger partial charge in [0.2, 0.25) is 0 Å². The second-order valence-electron chi connectivity index (χ2n) is 3.56. The molecule has 1 unspecified atom stereocenters. The summed E-state index contributed by atoms with van der Waals surface area (Å²) in [4.78, 5) is 0. The largest absolute Gasteiger partial charge is 0.382 e. The summed E-state index contributed by atoms with van der Waals surface area (Å²) in [5, 5.41) is 9.28.